The van der Waals surface area contributed by atoms with Crippen molar-refractivity contribution < 1.29 is 35.7 Å². The van der Waals surface area contributed by atoms with Crippen LogP contribution in [-0.4, -0.2) is 13.2 Å². The standard InChI is InChI=1S/C2H4O.Na.H/c1-2-3-1;;/h1-2H2;;/q;+1;-1. The molecule has 0 aromatic rings. The SMILES string of the molecule is C1CO1.[H-].[Na+]. The third kappa shape index (κ3) is 2.96. The second-order valence-corrected chi connectivity index (χ2v) is 0.612. The van der Waals surface area contributed by atoms with Crippen molar-refractivity contribution in [3.63, 3.8) is 0 Å². The Hall–Kier alpha value is 0.960. The van der Waals surface area contributed by atoms with Gasteiger partial charge in [0.25, 0.3) is 0 Å². The van der Waals surface area contributed by atoms with Crippen molar-refractivity contribution in [1.82, 2.24) is 0 Å². The van der Waals surface area contributed by atoms with Crippen LogP contribution >= 0.6 is 0 Å². The summed E-state index contributed by atoms with van der Waals surface area (Å²) in [4.78, 5) is 0. The van der Waals surface area contributed by atoms with Crippen LogP contribution in [0.3, 0.4) is 0 Å². The molecule has 0 spiro atoms. The van der Waals surface area contributed by atoms with Crippen LogP contribution in [0.1, 0.15) is 1.43 Å². The average molecular weight is 68.1 g/mol. The molecule has 1 saturated heterocycles. The van der Waals surface area contributed by atoms with Gasteiger partial charge in [-0.05, 0) is 0 Å². The van der Waals surface area contributed by atoms with E-state index < -0.39 is 0 Å². The molecule has 0 unspecified atom stereocenters. The summed E-state index contributed by atoms with van der Waals surface area (Å²) in [7, 11) is 0. The molecule has 0 amide bonds. The van der Waals surface area contributed by atoms with Crippen molar-refractivity contribution in [2.75, 3.05) is 13.2 Å². The van der Waals surface area contributed by atoms with Gasteiger partial charge in [0, 0.05) is 0 Å². The molecule has 0 N–H and O–H groups in total. The molecule has 0 atom stereocenters. The van der Waals surface area contributed by atoms with Crippen molar-refractivity contribution in [2.45, 2.75) is 0 Å². The number of epoxide rings is 1. The zero-order chi connectivity index (χ0) is 2.12. The number of hydrogen-bond donors (Lipinski definition) is 0. The van der Waals surface area contributed by atoms with E-state index in [9.17, 15) is 0 Å². The summed E-state index contributed by atoms with van der Waals surface area (Å²) in [5.41, 5.74) is 0. The Kier molecular flexibility index (Phi) is 2.74. The summed E-state index contributed by atoms with van der Waals surface area (Å²) in [6.45, 7) is 2.00. The van der Waals surface area contributed by atoms with Crippen molar-refractivity contribution in [2.24, 2.45) is 0 Å². The largest absolute Gasteiger partial charge is 1.00 e. The average Bonchev–Trinajstić information content (AvgIpc) is 1.46. The third-order valence-corrected chi connectivity index (χ3v) is 0.204. The van der Waals surface area contributed by atoms with E-state index in [0.29, 0.717) is 0 Å². The van der Waals surface area contributed by atoms with Crippen LogP contribution < -0.4 is 29.6 Å². The van der Waals surface area contributed by atoms with Crippen LogP contribution in [0.15, 0.2) is 0 Å². The van der Waals surface area contributed by atoms with E-state index in [2.05, 4.69) is 4.74 Å². The molecule has 0 aliphatic carbocycles. The summed E-state index contributed by atoms with van der Waals surface area (Å²) in [5.74, 6) is 0. The number of ether oxygens (including phenoxy) is 1. The fourth-order valence-electron chi connectivity index (χ4n) is 0. The second-order valence-electron chi connectivity index (χ2n) is 0.612. The molecule has 1 aliphatic heterocycles. The topological polar surface area (TPSA) is 12.5 Å². The van der Waals surface area contributed by atoms with E-state index >= 15 is 0 Å². The first-order chi connectivity index (χ1) is 1.50. The molecule has 0 aromatic heterocycles. The van der Waals surface area contributed by atoms with Crippen LogP contribution in [0, 0.1) is 0 Å². The molecular formula is C2H5NaO. The monoisotopic (exact) mass is 68.0 g/mol. The van der Waals surface area contributed by atoms with E-state index in [1.807, 2.05) is 0 Å². The van der Waals surface area contributed by atoms with Crippen LogP contribution in [0.25, 0.3) is 0 Å². The first-order valence-electron chi connectivity index (χ1n) is 1.08. The number of rotatable bonds is 0. The van der Waals surface area contributed by atoms with Gasteiger partial charge in [-0.2, -0.15) is 0 Å². The van der Waals surface area contributed by atoms with Crippen LogP contribution in [-0.2, 0) is 4.74 Å². The summed E-state index contributed by atoms with van der Waals surface area (Å²) in [6, 6.07) is 0. The van der Waals surface area contributed by atoms with E-state index in [4.69, 9.17) is 0 Å². The number of hydrogen-bond acceptors (Lipinski definition) is 1. The predicted molar refractivity (Wildman–Crippen MR) is 11.9 cm³/mol. The zero-order valence-electron chi connectivity index (χ0n) is 3.82. The zero-order valence-corrected chi connectivity index (χ0v) is 4.82. The predicted octanol–water partition coefficient (Wildman–Crippen LogP) is -2.87. The van der Waals surface area contributed by atoms with Gasteiger partial charge < -0.3 is 6.16 Å². The van der Waals surface area contributed by atoms with Crippen LogP contribution in [0.5, 0.6) is 0 Å². The van der Waals surface area contributed by atoms with Gasteiger partial charge in [0.2, 0.25) is 0 Å². The van der Waals surface area contributed by atoms with Gasteiger partial charge in [0.05, 0.1) is 13.2 Å². The third-order valence-electron chi connectivity index (χ3n) is 0.204. The van der Waals surface area contributed by atoms with Gasteiger partial charge >= 0.3 is 29.6 Å². The smallest absolute Gasteiger partial charge is 1.00 e. The maximum absolute atomic E-state index is 4.50. The molecule has 1 heterocycles. The summed E-state index contributed by atoms with van der Waals surface area (Å²) in [5, 5.41) is 0. The van der Waals surface area contributed by atoms with E-state index in [-0.39, 0.29) is 31.0 Å². The van der Waals surface area contributed by atoms with Crippen molar-refractivity contribution in [1.29, 1.82) is 0 Å². The molecule has 20 valence electrons. The normalized spacial score (nSPS) is 18.0. The summed E-state index contributed by atoms with van der Waals surface area (Å²) in [6.07, 6.45) is 0. The maximum Gasteiger partial charge on any atom is 1.00 e. The molecule has 0 aromatic carbocycles. The molecular weight excluding hydrogens is 63.0 g/mol. The molecule has 0 saturated carbocycles. The minimum atomic E-state index is 0. The quantitative estimate of drug-likeness (QED) is 0.220. The van der Waals surface area contributed by atoms with Crippen LogP contribution in [0.4, 0.5) is 0 Å². The Morgan fingerprint density at radius 1 is 1.50 bits per heavy atom. The minimum absolute atomic E-state index is 0. The minimum Gasteiger partial charge on any atom is -1.00 e. The van der Waals surface area contributed by atoms with Gasteiger partial charge in [0.1, 0.15) is 0 Å². The van der Waals surface area contributed by atoms with Gasteiger partial charge in [-0.3, -0.25) is 0 Å². The fourth-order valence-corrected chi connectivity index (χ4v) is 0. The molecule has 0 radical (unpaired) electrons. The Morgan fingerprint density at radius 3 is 1.75 bits per heavy atom. The van der Waals surface area contributed by atoms with E-state index in [0.717, 1.165) is 13.2 Å². The molecule has 2 heteroatoms. The molecule has 1 fully saturated rings. The summed E-state index contributed by atoms with van der Waals surface area (Å²) >= 11 is 0. The first kappa shape index (κ1) is 4.96. The van der Waals surface area contributed by atoms with Crippen molar-refractivity contribution >= 4 is 0 Å². The Morgan fingerprint density at radius 2 is 1.75 bits per heavy atom. The molecule has 1 aliphatic rings. The molecule has 4 heavy (non-hydrogen) atoms. The Balaban J connectivity index is 0. The molecule has 1 rings (SSSR count). The van der Waals surface area contributed by atoms with Gasteiger partial charge in [-0.15, -0.1) is 0 Å². The van der Waals surface area contributed by atoms with Gasteiger partial charge in [-0.25, -0.2) is 0 Å². The van der Waals surface area contributed by atoms with Crippen LogP contribution in [0.2, 0.25) is 0 Å². The fraction of sp³-hybridized carbons (Fsp3) is 1.00. The molecule has 0 bridgehead atoms. The van der Waals surface area contributed by atoms with Crippen molar-refractivity contribution in [3.05, 3.63) is 0 Å². The second kappa shape index (κ2) is 2.21. The van der Waals surface area contributed by atoms with Gasteiger partial charge in [0.15, 0.2) is 0 Å². The molecule has 1 nitrogen and oxygen atoms in total. The summed E-state index contributed by atoms with van der Waals surface area (Å²) < 4.78 is 4.50. The van der Waals surface area contributed by atoms with Gasteiger partial charge in [-0.1, -0.05) is 0 Å². The van der Waals surface area contributed by atoms with E-state index in [1.165, 1.54) is 0 Å². The van der Waals surface area contributed by atoms with E-state index in [1.54, 1.807) is 0 Å². The Labute approximate surface area is 49.1 Å². The maximum atomic E-state index is 4.50. The van der Waals surface area contributed by atoms with Crippen molar-refractivity contribution in [3.8, 4) is 0 Å². The Bertz CT molecular complexity index is 14.4. The first-order valence-corrected chi connectivity index (χ1v) is 1.08.